The predicted molar refractivity (Wildman–Crippen MR) is 53.9 cm³/mol. The van der Waals surface area contributed by atoms with E-state index >= 15 is 0 Å². The van der Waals surface area contributed by atoms with Gasteiger partial charge in [0.05, 0.1) is 7.11 Å². The van der Waals surface area contributed by atoms with E-state index in [4.69, 9.17) is 4.74 Å². The lowest BCUT2D eigenvalue weighted by Gasteiger charge is -2.40. The maximum absolute atomic E-state index is 11.5. The minimum absolute atomic E-state index is 0.0287. The van der Waals surface area contributed by atoms with Gasteiger partial charge >= 0.3 is 5.97 Å². The van der Waals surface area contributed by atoms with Crippen molar-refractivity contribution in [1.29, 1.82) is 0 Å². The molecule has 0 spiro atoms. The molecule has 1 heterocycles. The van der Waals surface area contributed by atoms with Crippen LogP contribution < -0.4 is 5.32 Å². The first kappa shape index (κ1) is 9.97. The van der Waals surface area contributed by atoms with Crippen LogP contribution in [0.2, 0.25) is 0 Å². The largest absolute Gasteiger partial charge is 0.468 e. The first-order valence-corrected chi connectivity index (χ1v) is 5.64. The summed E-state index contributed by atoms with van der Waals surface area (Å²) in [5.41, 5.74) is 0. The van der Waals surface area contributed by atoms with E-state index in [-0.39, 0.29) is 12.0 Å². The summed E-state index contributed by atoms with van der Waals surface area (Å²) in [7, 11) is 1.48. The highest BCUT2D eigenvalue weighted by atomic mass is 16.5. The van der Waals surface area contributed by atoms with Gasteiger partial charge in [-0.2, -0.15) is 0 Å². The van der Waals surface area contributed by atoms with E-state index in [1.165, 1.54) is 39.2 Å². The molecule has 80 valence electrons. The van der Waals surface area contributed by atoms with Crippen LogP contribution in [0.5, 0.6) is 0 Å². The molecule has 2 fully saturated rings. The number of carbonyl (C=O) groups excluding carboxylic acids is 1. The third-order valence-corrected chi connectivity index (χ3v) is 3.73. The van der Waals surface area contributed by atoms with E-state index in [1.54, 1.807) is 0 Å². The van der Waals surface area contributed by atoms with E-state index in [0.717, 1.165) is 12.5 Å². The highest BCUT2D eigenvalue weighted by Crippen LogP contribution is 2.36. The van der Waals surface area contributed by atoms with Gasteiger partial charge in [0.25, 0.3) is 0 Å². The lowest BCUT2D eigenvalue weighted by Crippen LogP contribution is -2.51. The lowest BCUT2D eigenvalue weighted by atomic mass is 9.71. The van der Waals surface area contributed by atoms with E-state index in [1.807, 2.05) is 0 Å². The Morgan fingerprint density at radius 3 is 2.86 bits per heavy atom. The maximum atomic E-state index is 11.5. The summed E-state index contributed by atoms with van der Waals surface area (Å²) in [5.74, 6) is 1.22. The van der Waals surface area contributed by atoms with Gasteiger partial charge in [-0.25, -0.2) is 0 Å². The molecule has 3 unspecified atom stereocenters. The molecule has 2 rings (SSSR count). The average molecular weight is 197 g/mol. The first-order valence-electron chi connectivity index (χ1n) is 5.64. The zero-order valence-corrected chi connectivity index (χ0v) is 8.79. The molecule has 14 heavy (non-hydrogen) atoms. The Kier molecular flexibility index (Phi) is 3.06. The fraction of sp³-hybridized carbons (Fsp3) is 0.909. The van der Waals surface area contributed by atoms with Gasteiger partial charge in [0.2, 0.25) is 0 Å². The van der Waals surface area contributed by atoms with Crippen molar-refractivity contribution in [3.63, 3.8) is 0 Å². The second kappa shape index (κ2) is 4.30. The van der Waals surface area contributed by atoms with Crippen molar-refractivity contribution in [2.45, 2.75) is 38.1 Å². The lowest BCUT2D eigenvalue weighted by molar-refractivity contribution is -0.146. The minimum Gasteiger partial charge on any atom is -0.468 e. The molecule has 1 N–H and O–H groups in total. The molecule has 3 atom stereocenters. The Bertz CT molecular complexity index is 215. The van der Waals surface area contributed by atoms with Crippen molar-refractivity contribution in [2.75, 3.05) is 13.7 Å². The summed E-state index contributed by atoms with van der Waals surface area (Å²) in [4.78, 5) is 11.5. The Morgan fingerprint density at radius 1 is 1.29 bits per heavy atom. The van der Waals surface area contributed by atoms with Gasteiger partial charge in [0.15, 0.2) is 0 Å². The van der Waals surface area contributed by atoms with Crippen LogP contribution in [0.15, 0.2) is 0 Å². The van der Waals surface area contributed by atoms with Gasteiger partial charge in [-0.3, -0.25) is 4.79 Å². The second-order valence-electron chi connectivity index (χ2n) is 4.45. The Balaban J connectivity index is 2.04. The van der Waals surface area contributed by atoms with E-state index in [9.17, 15) is 4.79 Å². The predicted octanol–water partition coefficient (Wildman–Crippen LogP) is 1.33. The van der Waals surface area contributed by atoms with Crippen LogP contribution >= 0.6 is 0 Å². The minimum atomic E-state index is -0.0680. The van der Waals surface area contributed by atoms with Gasteiger partial charge in [-0.15, -0.1) is 0 Å². The van der Waals surface area contributed by atoms with E-state index < -0.39 is 0 Å². The number of ether oxygens (including phenoxy) is 1. The second-order valence-corrected chi connectivity index (χ2v) is 4.45. The van der Waals surface area contributed by atoms with Crippen LogP contribution in [0.1, 0.15) is 32.1 Å². The van der Waals surface area contributed by atoms with Crippen molar-refractivity contribution < 1.29 is 9.53 Å². The molecule has 1 aliphatic carbocycles. The molecular weight excluding hydrogens is 178 g/mol. The molecule has 0 aromatic carbocycles. The molecule has 0 bridgehead atoms. The summed E-state index contributed by atoms with van der Waals surface area (Å²) < 4.78 is 4.84. The molecular formula is C11H19NO2. The van der Waals surface area contributed by atoms with Crippen LogP contribution in [-0.4, -0.2) is 25.7 Å². The molecule has 3 heteroatoms. The van der Waals surface area contributed by atoms with Gasteiger partial charge in [0.1, 0.15) is 6.04 Å². The monoisotopic (exact) mass is 197 g/mol. The van der Waals surface area contributed by atoms with Gasteiger partial charge < -0.3 is 10.1 Å². The Morgan fingerprint density at radius 2 is 2.07 bits per heavy atom. The molecule has 3 nitrogen and oxygen atoms in total. The molecule has 0 radical (unpaired) electrons. The standard InChI is InChI=1S/C11H19NO2/c1-14-11(13)10-9-5-3-2-4-8(9)6-7-12-10/h8-10,12H,2-7H2,1H3. The fourth-order valence-electron chi connectivity index (χ4n) is 2.99. The number of methoxy groups -OCH3 is 1. The zero-order chi connectivity index (χ0) is 9.97. The number of esters is 1. The smallest absolute Gasteiger partial charge is 0.323 e. The van der Waals surface area contributed by atoms with Crippen molar-refractivity contribution in [3.8, 4) is 0 Å². The zero-order valence-electron chi connectivity index (χ0n) is 8.79. The van der Waals surface area contributed by atoms with Crippen LogP contribution in [0.4, 0.5) is 0 Å². The number of carbonyl (C=O) groups is 1. The third kappa shape index (κ3) is 1.78. The Hall–Kier alpha value is -0.570. The molecule has 0 aromatic rings. The van der Waals surface area contributed by atoms with Gasteiger partial charge in [-0.1, -0.05) is 19.3 Å². The van der Waals surface area contributed by atoms with Gasteiger partial charge in [-0.05, 0) is 31.2 Å². The summed E-state index contributed by atoms with van der Waals surface area (Å²) in [6, 6.07) is -0.0287. The molecule has 0 amide bonds. The van der Waals surface area contributed by atoms with Crippen LogP contribution in [-0.2, 0) is 9.53 Å². The summed E-state index contributed by atoms with van der Waals surface area (Å²) in [6.07, 6.45) is 6.35. The number of fused-ring (bicyclic) bond motifs is 1. The van der Waals surface area contributed by atoms with Crippen LogP contribution in [0.25, 0.3) is 0 Å². The molecule has 1 saturated carbocycles. The van der Waals surface area contributed by atoms with Crippen molar-refractivity contribution >= 4 is 5.97 Å². The van der Waals surface area contributed by atoms with Crippen molar-refractivity contribution in [3.05, 3.63) is 0 Å². The topological polar surface area (TPSA) is 38.3 Å². The van der Waals surface area contributed by atoms with Crippen LogP contribution in [0, 0.1) is 11.8 Å². The average Bonchev–Trinajstić information content (AvgIpc) is 2.27. The summed E-state index contributed by atoms with van der Waals surface area (Å²) >= 11 is 0. The highest BCUT2D eigenvalue weighted by molar-refractivity contribution is 5.76. The number of hydrogen-bond acceptors (Lipinski definition) is 3. The molecule has 2 aliphatic rings. The number of piperidine rings is 1. The third-order valence-electron chi connectivity index (χ3n) is 3.73. The van der Waals surface area contributed by atoms with E-state index in [0.29, 0.717) is 5.92 Å². The van der Waals surface area contributed by atoms with E-state index in [2.05, 4.69) is 5.32 Å². The van der Waals surface area contributed by atoms with Crippen molar-refractivity contribution in [2.24, 2.45) is 11.8 Å². The maximum Gasteiger partial charge on any atom is 0.323 e. The Labute approximate surface area is 85.2 Å². The fourth-order valence-corrected chi connectivity index (χ4v) is 2.99. The normalized spacial score (nSPS) is 37.4. The molecule has 1 aliphatic heterocycles. The molecule has 0 aromatic heterocycles. The van der Waals surface area contributed by atoms with Crippen molar-refractivity contribution in [1.82, 2.24) is 5.32 Å². The number of nitrogens with one attached hydrogen (secondary N) is 1. The SMILES string of the molecule is COC(=O)C1NCCC2CCCCC21. The number of rotatable bonds is 1. The highest BCUT2D eigenvalue weighted by Gasteiger charge is 2.38. The van der Waals surface area contributed by atoms with Crippen LogP contribution in [0.3, 0.4) is 0 Å². The van der Waals surface area contributed by atoms with Gasteiger partial charge in [0, 0.05) is 0 Å². The quantitative estimate of drug-likeness (QED) is 0.644. The number of hydrogen-bond donors (Lipinski definition) is 1. The summed E-state index contributed by atoms with van der Waals surface area (Å²) in [5, 5.41) is 3.29. The first-order chi connectivity index (χ1) is 6.83. The summed E-state index contributed by atoms with van der Waals surface area (Å²) in [6.45, 7) is 0.973. The molecule has 1 saturated heterocycles.